The quantitative estimate of drug-likeness (QED) is 0.448. The lowest BCUT2D eigenvalue weighted by Crippen LogP contribution is -2.22. The molecular weight excluding hydrogens is 435 g/mol. The van der Waals surface area contributed by atoms with Gasteiger partial charge in [0, 0.05) is 5.56 Å². The highest BCUT2D eigenvalue weighted by Gasteiger charge is 2.23. The molecule has 3 aromatic heterocycles. The number of nitriles is 1. The molecule has 0 aliphatic carbocycles. The number of halogens is 1. The van der Waals surface area contributed by atoms with Gasteiger partial charge in [0.15, 0.2) is 17.5 Å². The molecule has 4 aromatic rings. The topological polar surface area (TPSA) is 139 Å². The SMILES string of the molecule is CCC(C)(O)c1cccc(Cn2cc(-c3nc(-c4cccc(C#N)c4C)nc(N)c3F)nn2)n1. The maximum absolute atomic E-state index is 14.9. The van der Waals surface area contributed by atoms with E-state index in [1.165, 1.54) is 4.68 Å². The van der Waals surface area contributed by atoms with Crippen molar-refractivity contribution in [2.24, 2.45) is 0 Å². The van der Waals surface area contributed by atoms with E-state index < -0.39 is 11.4 Å². The van der Waals surface area contributed by atoms with Crippen molar-refractivity contribution >= 4 is 5.82 Å². The summed E-state index contributed by atoms with van der Waals surface area (Å²) in [5, 5.41) is 27.9. The van der Waals surface area contributed by atoms with Gasteiger partial charge in [-0.3, -0.25) is 4.98 Å². The van der Waals surface area contributed by atoms with E-state index in [-0.39, 0.29) is 29.6 Å². The van der Waals surface area contributed by atoms with Crippen LogP contribution in [0.15, 0.2) is 42.6 Å². The smallest absolute Gasteiger partial charge is 0.193 e. The van der Waals surface area contributed by atoms with E-state index in [1.807, 2.05) is 19.1 Å². The molecule has 4 rings (SSSR count). The van der Waals surface area contributed by atoms with E-state index in [0.717, 1.165) is 0 Å². The van der Waals surface area contributed by atoms with Crippen LogP contribution in [-0.2, 0) is 12.1 Å². The molecule has 0 amide bonds. The van der Waals surface area contributed by atoms with E-state index in [2.05, 4.69) is 31.3 Å². The fourth-order valence-corrected chi connectivity index (χ4v) is 3.45. The third kappa shape index (κ3) is 4.33. The molecule has 1 atom stereocenters. The normalized spacial score (nSPS) is 12.8. The number of anilines is 1. The summed E-state index contributed by atoms with van der Waals surface area (Å²) in [5.41, 5.74) is 7.81. The van der Waals surface area contributed by atoms with E-state index in [9.17, 15) is 14.8 Å². The third-order valence-corrected chi connectivity index (χ3v) is 5.72. The summed E-state index contributed by atoms with van der Waals surface area (Å²) < 4.78 is 16.4. The van der Waals surface area contributed by atoms with Crippen molar-refractivity contribution in [3.8, 4) is 28.8 Å². The van der Waals surface area contributed by atoms with Gasteiger partial charge in [-0.1, -0.05) is 30.3 Å². The Morgan fingerprint density at radius 2 is 1.94 bits per heavy atom. The molecule has 0 spiro atoms. The van der Waals surface area contributed by atoms with Crippen LogP contribution >= 0.6 is 0 Å². The van der Waals surface area contributed by atoms with Crippen LogP contribution in [0.3, 0.4) is 0 Å². The minimum atomic E-state index is -1.04. The Kier molecular flexibility index (Phi) is 6.04. The minimum Gasteiger partial charge on any atom is -0.384 e. The summed E-state index contributed by atoms with van der Waals surface area (Å²) in [7, 11) is 0. The summed E-state index contributed by atoms with van der Waals surface area (Å²) >= 11 is 0. The van der Waals surface area contributed by atoms with Crippen LogP contribution in [0.1, 0.15) is 42.8 Å². The fourth-order valence-electron chi connectivity index (χ4n) is 3.45. The van der Waals surface area contributed by atoms with Crippen molar-refractivity contribution in [1.29, 1.82) is 5.26 Å². The first-order valence-corrected chi connectivity index (χ1v) is 10.7. The predicted molar refractivity (Wildman–Crippen MR) is 124 cm³/mol. The lowest BCUT2D eigenvalue weighted by Gasteiger charge is -2.21. The van der Waals surface area contributed by atoms with Crippen molar-refractivity contribution < 1.29 is 9.50 Å². The third-order valence-electron chi connectivity index (χ3n) is 5.72. The molecule has 0 radical (unpaired) electrons. The van der Waals surface area contributed by atoms with Gasteiger partial charge in [-0.05, 0) is 44.0 Å². The number of nitrogens with two attached hydrogens (primary N) is 1. The second kappa shape index (κ2) is 8.96. The molecule has 34 heavy (non-hydrogen) atoms. The van der Waals surface area contributed by atoms with Crippen molar-refractivity contribution in [2.45, 2.75) is 39.3 Å². The second-order valence-electron chi connectivity index (χ2n) is 8.13. The van der Waals surface area contributed by atoms with Gasteiger partial charge < -0.3 is 10.8 Å². The number of hydrogen-bond acceptors (Lipinski definition) is 8. The summed E-state index contributed by atoms with van der Waals surface area (Å²) in [6.45, 7) is 5.62. The van der Waals surface area contributed by atoms with Crippen LogP contribution in [-0.4, -0.2) is 35.1 Å². The molecule has 9 nitrogen and oxygen atoms in total. The maximum Gasteiger partial charge on any atom is 0.193 e. The van der Waals surface area contributed by atoms with Crippen LogP contribution in [0.2, 0.25) is 0 Å². The summed E-state index contributed by atoms with van der Waals surface area (Å²) in [6.07, 6.45) is 2.06. The Labute approximate surface area is 195 Å². The lowest BCUT2D eigenvalue weighted by molar-refractivity contribution is 0.0483. The zero-order valence-electron chi connectivity index (χ0n) is 19.0. The Morgan fingerprint density at radius 1 is 1.18 bits per heavy atom. The number of nitrogens with zero attached hydrogens (tertiary/aromatic N) is 7. The number of pyridine rings is 1. The molecule has 0 fully saturated rings. The average Bonchev–Trinajstić information content (AvgIpc) is 3.29. The molecule has 1 aromatic carbocycles. The van der Waals surface area contributed by atoms with E-state index in [1.54, 1.807) is 44.3 Å². The number of aliphatic hydroxyl groups is 1. The molecule has 10 heteroatoms. The minimum absolute atomic E-state index is 0.0915. The zero-order valence-corrected chi connectivity index (χ0v) is 19.0. The highest BCUT2D eigenvalue weighted by Crippen LogP contribution is 2.28. The average molecular weight is 459 g/mol. The van der Waals surface area contributed by atoms with Crippen LogP contribution < -0.4 is 5.73 Å². The molecule has 1 unspecified atom stereocenters. The summed E-state index contributed by atoms with van der Waals surface area (Å²) in [6, 6.07) is 12.6. The van der Waals surface area contributed by atoms with Gasteiger partial charge in [-0.25, -0.2) is 19.0 Å². The maximum atomic E-state index is 14.9. The second-order valence-corrected chi connectivity index (χ2v) is 8.13. The van der Waals surface area contributed by atoms with E-state index in [0.29, 0.717) is 34.5 Å². The molecular formula is C24H23FN8O. The molecule has 0 bridgehead atoms. The van der Waals surface area contributed by atoms with Gasteiger partial charge >= 0.3 is 0 Å². The van der Waals surface area contributed by atoms with Crippen molar-refractivity contribution in [2.75, 3.05) is 5.73 Å². The summed E-state index contributed by atoms with van der Waals surface area (Å²) in [5.74, 6) is -0.939. The van der Waals surface area contributed by atoms with Crippen molar-refractivity contribution in [3.05, 3.63) is 70.9 Å². The Hall–Kier alpha value is -4.23. The van der Waals surface area contributed by atoms with E-state index in [4.69, 9.17) is 5.73 Å². The first-order valence-electron chi connectivity index (χ1n) is 10.7. The first kappa shape index (κ1) is 22.9. The molecule has 172 valence electrons. The van der Waals surface area contributed by atoms with Crippen molar-refractivity contribution in [3.63, 3.8) is 0 Å². The van der Waals surface area contributed by atoms with Crippen LogP contribution in [0, 0.1) is 24.1 Å². The van der Waals surface area contributed by atoms with E-state index >= 15 is 0 Å². The Morgan fingerprint density at radius 3 is 2.68 bits per heavy atom. The standard InChI is InChI=1S/C24H23FN8O/c1-4-24(3,34)19-10-6-8-16(28-19)12-33-13-18(31-32-33)21-20(25)22(27)30-23(29-21)17-9-5-7-15(11-26)14(17)2/h5-10,13,34H,4,12H2,1-3H3,(H2,27,29,30). The molecule has 0 saturated heterocycles. The molecule has 3 N–H and O–H groups in total. The van der Waals surface area contributed by atoms with Crippen LogP contribution in [0.25, 0.3) is 22.8 Å². The Balaban J connectivity index is 1.68. The van der Waals surface area contributed by atoms with Gasteiger partial charge in [-0.2, -0.15) is 5.26 Å². The lowest BCUT2D eigenvalue weighted by atomic mass is 9.98. The van der Waals surface area contributed by atoms with Gasteiger partial charge in [0.2, 0.25) is 0 Å². The van der Waals surface area contributed by atoms with Crippen LogP contribution in [0.4, 0.5) is 10.2 Å². The predicted octanol–water partition coefficient (Wildman–Crippen LogP) is 3.36. The largest absolute Gasteiger partial charge is 0.384 e. The first-order chi connectivity index (χ1) is 16.2. The van der Waals surface area contributed by atoms with Crippen LogP contribution in [0.5, 0.6) is 0 Å². The zero-order chi connectivity index (χ0) is 24.5. The fraction of sp³-hybridized carbons (Fsp3) is 0.250. The highest BCUT2D eigenvalue weighted by atomic mass is 19.1. The highest BCUT2D eigenvalue weighted by molar-refractivity contribution is 5.69. The number of nitrogen functional groups attached to an aromatic ring is 1. The van der Waals surface area contributed by atoms with Gasteiger partial charge in [0.25, 0.3) is 0 Å². The molecule has 0 aliphatic heterocycles. The Bertz CT molecular complexity index is 1410. The van der Waals surface area contributed by atoms with Gasteiger partial charge in [-0.15, -0.1) is 5.10 Å². The summed E-state index contributed by atoms with van der Waals surface area (Å²) in [4.78, 5) is 12.9. The molecule has 0 aliphatic rings. The molecule has 0 saturated carbocycles. The number of rotatable bonds is 6. The molecule has 3 heterocycles. The number of hydrogen-bond donors (Lipinski definition) is 2. The number of benzene rings is 1. The monoisotopic (exact) mass is 458 g/mol. The van der Waals surface area contributed by atoms with Gasteiger partial charge in [0.05, 0.1) is 35.8 Å². The van der Waals surface area contributed by atoms with Gasteiger partial charge in [0.1, 0.15) is 17.0 Å². The van der Waals surface area contributed by atoms with Crippen molar-refractivity contribution in [1.82, 2.24) is 29.9 Å². The number of aromatic nitrogens is 6.